The summed E-state index contributed by atoms with van der Waals surface area (Å²) in [4.78, 5) is 4.80. The van der Waals surface area contributed by atoms with Gasteiger partial charge < -0.3 is 0 Å². The van der Waals surface area contributed by atoms with Crippen LogP contribution in [-0.4, -0.2) is 9.55 Å². The number of fused-ring (bicyclic) bond motifs is 2. The molecule has 2 nitrogen and oxygen atoms in total. The fourth-order valence-corrected chi connectivity index (χ4v) is 5.31. The standard InChI is InChI=1S/C34H25F5N2/c1-33(2,3)28-17-21(20-8-12-24(35)13-9-20)11-15-30(28)41-31-7-5-4-6-29(31)40-32(41)23-16-22-10-14-25(36)19-26(22)27(18-23)34(37,38)39/h4-19H,1-3H3. The smallest absolute Gasteiger partial charge is 0.292 e. The third kappa shape index (κ3) is 4.86. The minimum absolute atomic E-state index is 0.206. The van der Waals surface area contributed by atoms with Crippen LogP contribution in [0.1, 0.15) is 31.9 Å². The van der Waals surface area contributed by atoms with Gasteiger partial charge in [0.1, 0.15) is 17.5 Å². The number of benzene rings is 5. The second-order valence-corrected chi connectivity index (χ2v) is 11.1. The molecule has 0 aliphatic rings. The van der Waals surface area contributed by atoms with Crippen molar-refractivity contribution in [3.8, 4) is 28.2 Å². The monoisotopic (exact) mass is 556 g/mol. The topological polar surface area (TPSA) is 17.8 Å². The Morgan fingerprint density at radius 2 is 1.29 bits per heavy atom. The van der Waals surface area contributed by atoms with Crippen LogP contribution in [0.5, 0.6) is 0 Å². The van der Waals surface area contributed by atoms with Gasteiger partial charge in [-0.15, -0.1) is 0 Å². The van der Waals surface area contributed by atoms with Crippen molar-refractivity contribution in [2.24, 2.45) is 0 Å². The van der Waals surface area contributed by atoms with E-state index >= 15 is 0 Å². The van der Waals surface area contributed by atoms with Crippen LogP contribution in [0.4, 0.5) is 22.0 Å². The number of alkyl halides is 3. The quantitative estimate of drug-likeness (QED) is 0.198. The molecule has 206 valence electrons. The molecule has 0 radical (unpaired) electrons. The van der Waals surface area contributed by atoms with Gasteiger partial charge in [0.15, 0.2) is 0 Å². The van der Waals surface area contributed by atoms with Crippen molar-refractivity contribution < 1.29 is 22.0 Å². The number of hydrogen-bond donors (Lipinski definition) is 0. The Hall–Kier alpha value is -4.52. The predicted molar refractivity (Wildman–Crippen MR) is 153 cm³/mol. The molecule has 41 heavy (non-hydrogen) atoms. The van der Waals surface area contributed by atoms with Crippen molar-refractivity contribution in [1.29, 1.82) is 0 Å². The molecule has 0 unspecified atom stereocenters. The van der Waals surface area contributed by atoms with E-state index in [4.69, 9.17) is 4.98 Å². The maximum absolute atomic E-state index is 14.3. The summed E-state index contributed by atoms with van der Waals surface area (Å²) in [5.74, 6) is -0.727. The highest BCUT2D eigenvalue weighted by Gasteiger charge is 2.34. The first-order valence-electron chi connectivity index (χ1n) is 13.1. The van der Waals surface area contributed by atoms with Crippen LogP contribution in [0.2, 0.25) is 0 Å². The highest BCUT2D eigenvalue weighted by atomic mass is 19.4. The Morgan fingerprint density at radius 1 is 0.634 bits per heavy atom. The average Bonchev–Trinajstić information content (AvgIpc) is 3.31. The van der Waals surface area contributed by atoms with E-state index in [2.05, 4.69) is 20.8 Å². The van der Waals surface area contributed by atoms with E-state index in [0.717, 1.165) is 46.1 Å². The summed E-state index contributed by atoms with van der Waals surface area (Å²) in [7, 11) is 0. The zero-order valence-corrected chi connectivity index (χ0v) is 22.5. The van der Waals surface area contributed by atoms with Gasteiger partial charge >= 0.3 is 6.18 Å². The minimum Gasteiger partial charge on any atom is -0.292 e. The van der Waals surface area contributed by atoms with Gasteiger partial charge in [0, 0.05) is 5.56 Å². The molecule has 1 aromatic heterocycles. The number of rotatable bonds is 3. The minimum atomic E-state index is -4.70. The first-order valence-corrected chi connectivity index (χ1v) is 13.1. The van der Waals surface area contributed by atoms with Crippen molar-refractivity contribution in [3.63, 3.8) is 0 Å². The molecule has 6 rings (SSSR count). The predicted octanol–water partition coefficient (Wildman–Crippen LogP) is 10.1. The molecule has 0 atom stereocenters. The van der Waals surface area contributed by atoms with E-state index in [9.17, 15) is 22.0 Å². The lowest BCUT2D eigenvalue weighted by molar-refractivity contribution is -0.136. The first-order chi connectivity index (χ1) is 19.4. The summed E-state index contributed by atoms with van der Waals surface area (Å²) in [5, 5.41) is 0.0560. The molecule has 7 heteroatoms. The summed E-state index contributed by atoms with van der Waals surface area (Å²) in [6.07, 6.45) is -4.70. The normalized spacial score (nSPS) is 12.4. The molecule has 0 N–H and O–H groups in total. The molecule has 0 spiro atoms. The molecule has 5 aromatic carbocycles. The lowest BCUT2D eigenvalue weighted by Gasteiger charge is -2.26. The Balaban J connectivity index is 1.66. The van der Waals surface area contributed by atoms with Gasteiger partial charge in [-0.1, -0.05) is 57.2 Å². The maximum Gasteiger partial charge on any atom is 0.417 e. The van der Waals surface area contributed by atoms with Crippen LogP contribution in [0.3, 0.4) is 0 Å². The van der Waals surface area contributed by atoms with Gasteiger partial charge in [0.2, 0.25) is 0 Å². The molecular formula is C34H25F5N2. The zero-order valence-electron chi connectivity index (χ0n) is 22.5. The Labute approximate surface area is 233 Å². The zero-order chi connectivity index (χ0) is 29.1. The van der Waals surface area contributed by atoms with Crippen molar-refractivity contribution in [2.45, 2.75) is 32.4 Å². The van der Waals surface area contributed by atoms with E-state index in [-0.39, 0.29) is 27.6 Å². The van der Waals surface area contributed by atoms with Crippen molar-refractivity contribution >= 4 is 21.8 Å². The number of halogens is 5. The van der Waals surface area contributed by atoms with E-state index in [1.54, 1.807) is 18.2 Å². The summed E-state index contributed by atoms with van der Waals surface area (Å²) < 4.78 is 72.2. The van der Waals surface area contributed by atoms with Crippen LogP contribution in [0, 0.1) is 11.6 Å². The number of hydrogen-bond acceptors (Lipinski definition) is 1. The summed E-state index contributed by atoms with van der Waals surface area (Å²) in [6.45, 7) is 6.18. The molecule has 1 heterocycles. The van der Waals surface area contributed by atoms with Crippen molar-refractivity contribution in [3.05, 3.63) is 120 Å². The fraction of sp³-hybridized carbons (Fsp3) is 0.147. The highest BCUT2D eigenvalue weighted by Crippen LogP contribution is 2.41. The molecule has 0 fully saturated rings. The second kappa shape index (κ2) is 9.54. The van der Waals surface area contributed by atoms with Gasteiger partial charge in [-0.25, -0.2) is 13.8 Å². The van der Waals surface area contributed by atoms with Crippen LogP contribution in [0.25, 0.3) is 50.0 Å². The van der Waals surface area contributed by atoms with E-state index in [1.165, 1.54) is 18.2 Å². The lowest BCUT2D eigenvalue weighted by atomic mass is 9.83. The molecule has 6 aromatic rings. The Morgan fingerprint density at radius 3 is 2.00 bits per heavy atom. The lowest BCUT2D eigenvalue weighted by Crippen LogP contribution is -2.16. The Kier molecular flexibility index (Phi) is 6.21. The van der Waals surface area contributed by atoms with Crippen LogP contribution in [-0.2, 0) is 11.6 Å². The van der Waals surface area contributed by atoms with Gasteiger partial charge in [-0.2, -0.15) is 13.2 Å². The van der Waals surface area contributed by atoms with Gasteiger partial charge in [0.25, 0.3) is 0 Å². The fourth-order valence-electron chi connectivity index (χ4n) is 5.31. The number of aromatic nitrogens is 2. The van der Waals surface area contributed by atoms with Gasteiger partial charge in [-0.05, 0) is 93.5 Å². The summed E-state index contributed by atoms with van der Waals surface area (Å²) >= 11 is 0. The van der Waals surface area contributed by atoms with Crippen LogP contribution >= 0.6 is 0 Å². The van der Waals surface area contributed by atoms with Gasteiger partial charge in [-0.3, -0.25) is 4.57 Å². The van der Waals surface area contributed by atoms with E-state index < -0.39 is 17.6 Å². The van der Waals surface area contributed by atoms with Crippen molar-refractivity contribution in [1.82, 2.24) is 9.55 Å². The molecule has 0 aliphatic carbocycles. The third-order valence-electron chi connectivity index (χ3n) is 7.26. The van der Waals surface area contributed by atoms with Crippen LogP contribution in [0.15, 0.2) is 97.1 Å². The first kappa shape index (κ1) is 26.7. The van der Waals surface area contributed by atoms with E-state index in [0.29, 0.717) is 11.3 Å². The highest BCUT2D eigenvalue weighted by molar-refractivity contribution is 5.92. The average molecular weight is 557 g/mol. The SMILES string of the molecule is CC(C)(C)c1cc(-c2ccc(F)cc2)ccc1-n1c(-c2cc(C(F)(F)F)c3cc(F)ccc3c2)nc2ccccc21. The molecule has 0 aliphatic heterocycles. The van der Waals surface area contributed by atoms with Gasteiger partial charge in [0.05, 0.1) is 22.3 Å². The van der Waals surface area contributed by atoms with Crippen LogP contribution < -0.4 is 0 Å². The maximum atomic E-state index is 14.3. The molecular weight excluding hydrogens is 531 g/mol. The second-order valence-electron chi connectivity index (χ2n) is 11.1. The number of nitrogens with zero attached hydrogens (tertiary/aromatic N) is 2. The molecule has 0 amide bonds. The third-order valence-corrected chi connectivity index (χ3v) is 7.26. The molecule has 0 saturated carbocycles. The number of imidazole rings is 1. The van der Waals surface area contributed by atoms with E-state index in [1.807, 2.05) is 47.0 Å². The molecule has 0 bridgehead atoms. The van der Waals surface area contributed by atoms with Crippen molar-refractivity contribution in [2.75, 3.05) is 0 Å². The molecule has 0 saturated heterocycles. The summed E-state index contributed by atoms with van der Waals surface area (Å²) in [6, 6.07) is 25.6. The Bertz CT molecular complexity index is 1930. The number of para-hydroxylation sites is 2. The largest absolute Gasteiger partial charge is 0.417 e. The summed E-state index contributed by atoms with van der Waals surface area (Å²) in [5.41, 5.74) is 3.75.